The first-order valence-corrected chi connectivity index (χ1v) is 10.1. The van der Waals surface area contributed by atoms with Crippen molar-refractivity contribution in [2.24, 2.45) is 7.05 Å². The second-order valence-corrected chi connectivity index (χ2v) is 8.05. The van der Waals surface area contributed by atoms with Gasteiger partial charge in [-0.3, -0.25) is 14.6 Å². The van der Waals surface area contributed by atoms with Crippen molar-refractivity contribution in [2.75, 3.05) is 5.32 Å². The summed E-state index contributed by atoms with van der Waals surface area (Å²) in [4.78, 5) is 22.1. The maximum atomic E-state index is 13.6. The molecule has 0 fully saturated rings. The summed E-state index contributed by atoms with van der Waals surface area (Å²) in [5.41, 5.74) is 0.0832. The number of rotatable bonds is 6. The molecular formula is C18H13F2N7OS2. The van der Waals surface area contributed by atoms with Crippen LogP contribution in [0, 0.1) is 11.6 Å². The molecule has 0 aliphatic rings. The molecule has 0 bridgehead atoms. The molecule has 3 aromatic heterocycles. The zero-order valence-electron chi connectivity index (χ0n) is 15.3. The average molecular weight is 445 g/mol. The van der Waals surface area contributed by atoms with Gasteiger partial charge in [-0.15, -0.1) is 0 Å². The van der Waals surface area contributed by atoms with Crippen LogP contribution in [0.4, 0.5) is 14.6 Å². The van der Waals surface area contributed by atoms with E-state index < -0.39 is 17.5 Å². The van der Waals surface area contributed by atoms with Gasteiger partial charge in [-0.2, -0.15) is 10.2 Å². The third kappa shape index (κ3) is 4.83. The Labute approximate surface area is 177 Å². The van der Waals surface area contributed by atoms with E-state index >= 15 is 0 Å². The van der Waals surface area contributed by atoms with Gasteiger partial charge < -0.3 is 5.32 Å². The number of carbonyl (C=O) groups excluding carboxylic acids is 1. The van der Waals surface area contributed by atoms with E-state index in [-0.39, 0.29) is 5.69 Å². The van der Waals surface area contributed by atoms with E-state index in [1.165, 1.54) is 30.2 Å². The molecule has 4 aromatic rings. The average Bonchev–Trinajstić information content (AvgIpc) is 3.34. The van der Waals surface area contributed by atoms with Crippen LogP contribution in [0.5, 0.6) is 0 Å². The van der Waals surface area contributed by atoms with Gasteiger partial charge in [-0.1, -0.05) is 11.8 Å². The van der Waals surface area contributed by atoms with E-state index in [1.807, 2.05) is 0 Å². The van der Waals surface area contributed by atoms with E-state index in [2.05, 4.69) is 30.6 Å². The maximum Gasteiger partial charge on any atom is 0.276 e. The lowest BCUT2D eigenvalue weighted by atomic mass is 10.3. The number of nitrogens with one attached hydrogen (secondary N) is 2. The Morgan fingerprint density at radius 2 is 1.93 bits per heavy atom. The molecule has 0 saturated heterocycles. The van der Waals surface area contributed by atoms with Crippen LogP contribution in [-0.4, -0.2) is 35.9 Å². The Hall–Kier alpha value is -3.25. The van der Waals surface area contributed by atoms with Crippen LogP contribution in [0.2, 0.25) is 0 Å². The molecule has 1 aromatic carbocycles. The van der Waals surface area contributed by atoms with Gasteiger partial charge in [0.15, 0.2) is 11.0 Å². The zero-order valence-corrected chi connectivity index (χ0v) is 17.0. The molecule has 4 rings (SSSR count). The Kier molecular flexibility index (Phi) is 5.77. The first-order chi connectivity index (χ1) is 14.5. The number of hydrogen-bond acceptors (Lipinski definition) is 7. The number of amides is 1. The van der Waals surface area contributed by atoms with Gasteiger partial charge >= 0.3 is 0 Å². The third-order valence-corrected chi connectivity index (χ3v) is 5.51. The summed E-state index contributed by atoms with van der Waals surface area (Å²) in [6.07, 6.45) is 3.05. The first-order valence-electron chi connectivity index (χ1n) is 8.45. The third-order valence-electron chi connectivity index (χ3n) is 3.66. The molecule has 3 heterocycles. The van der Waals surface area contributed by atoms with Crippen molar-refractivity contribution in [1.29, 1.82) is 0 Å². The van der Waals surface area contributed by atoms with Gasteiger partial charge in [-0.05, 0) is 36.0 Å². The quantitative estimate of drug-likeness (QED) is 0.466. The predicted molar refractivity (Wildman–Crippen MR) is 106 cm³/mol. The summed E-state index contributed by atoms with van der Waals surface area (Å²) in [5, 5.41) is 14.3. The Morgan fingerprint density at radius 3 is 2.60 bits per heavy atom. The number of halogens is 2. The number of aromatic amines is 1. The summed E-state index contributed by atoms with van der Waals surface area (Å²) in [7, 11) is 1.72. The Bertz CT molecular complexity index is 1180. The van der Waals surface area contributed by atoms with Gasteiger partial charge in [0.1, 0.15) is 28.7 Å². The van der Waals surface area contributed by atoms with Crippen LogP contribution < -0.4 is 5.32 Å². The number of benzene rings is 1. The van der Waals surface area contributed by atoms with Gasteiger partial charge in [0.05, 0.1) is 0 Å². The SMILES string of the molecule is Cn1ccc(NC(=O)c2nc(Sc3ncn[nH]3)ccc2Sc2cc(F)cc(F)c2)n1. The molecule has 0 atom stereocenters. The largest absolute Gasteiger partial charge is 0.304 e. The lowest BCUT2D eigenvalue weighted by molar-refractivity contribution is 0.101. The van der Waals surface area contributed by atoms with Gasteiger partial charge in [-0.25, -0.2) is 18.7 Å². The smallest absolute Gasteiger partial charge is 0.276 e. The molecule has 12 heteroatoms. The number of aromatic nitrogens is 6. The molecule has 1 amide bonds. The van der Waals surface area contributed by atoms with Crippen molar-refractivity contribution in [2.45, 2.75) is 20.0 Å². The molecular weight excluding hydrogens is 432 g/mol. The number of pyridine rings is 1. The molecule has 0 aliphatic heterocycles. The molecule has 0 unspecified atom stereocenters. The summed E-state index contributed by atoms with van der Waals surface area (Å²) in [6, 6.07) is 8.14. The highest BCUT2D eigenvalue weighted by Gasteiger charge is 2.18. The van der Waals surface area contributed by atoms with Crippen LogP contribution in [-0.2, 0) is 7.05 Å². The Balaban J connectivity index is 1.67. The number of nitrogens with zero attached hydrogens (tertiary/aromatic N) is 5. The minimum atomic E-state index is -0.706. The summed E-state index contributed by atoms with van der Waals surface area (Å²) in [5.74, 6) is -1.57. The summed E-state index contributed by atoms with van der Waals surface area (Å²) < 4.78 is 28.7. The molecule has 8 nitrogen and oxygen atoms in total. The summed E-state index contributed by atoms with van der Waals surface area (Å²) in [6.45, 7) is 0. The number of hydrogen-bond donors (Lipinski definition) is 2. The van der Waals surface area contributed by atoms with Crippen molar-refractivity contribution >= 4 is 35.2 Å². The molecule has 0 saturated carbocycles. The highest BCUT2D eigenvalue weighted by molar-refractivity contribution is 7.99. The molecule has 0 radical (unpaired) electrons. The lowest BCUT2D eigenvalue weighted by Gasteiger charge is -2.10. The van der Waals surface area contributed by atoms with E-state index in [9.17, 15) is 13.6 Å². The normalized spacial score (nSPS) is 10.9. The fraction of sp³-hybridized carbons (Fsp3) is 0.0556. The maximum absolute atomic E-state index is 13.6. The van der Waals surface area contributed by atoms with Crippen molar-refractivity contribution in [3.05, 3.63) is 66.3 Å². The van der Waals surface area contributed by atoms with Crippen LogP contribution in [0.15, 0.2) is 68.9 Å². The Morgan fingerprint density at radius 1 is 1.13 bits per heavy atom. The second kappa shape index (κ2) is 8.63. The van der Waals surface area contributed by atoms with E-state index in [4.69, 9.17) is 0 Å². The van der Waals surface area contributed by atoms with Crippen LogP contribution in [0.1, 0.15) is 10.5 Å². The van der Waals surface area contributed by atoms with Crippen LogP contribution >= 0.6 is 23.5 Å². The van der Waals surface area contributed by atoms with Gasteiger partial charge in [0.25, 0.3) is 5.91 Å². The van der Waals surface area contributed by atoms with E-state index in [0.717, 1.165) is 17.8 Å². The first kappa shape index (κ1) is 20.0. The van der Waals surface area contributed by atoms with Gasteiger partial charge in [0, 0.05) is 35.2 Å². The fourth-order valence-corrected chi connectivity index (χ4v) is 4.08. The van der Waals surface area contributed by atoms with Crippen molar-refractivity contribution in [3.63, 3.8) is 0 Å². The van der Waals surface area contributed by atoms with Crippen molar-refractivity contribution in [1.82, 2.24) is 29.9 Å². The molecule has 0 aliphatic carbocycles. The van der Waals surface area contributed by atoms with Crippen LogP contribution in [0.3, 0.4) is 0 Å². The second-order valence-electron chi connectivity index (χ2n) is 5.92. The molecule has 30 heavy (non-hydrogen) atoms. The van der Waals surface area contributed by atoms with Crippen molar-refractivity contribution < 1.29 is 13.6 Å². The van der Waals surface area contributed by atoms with Gasteiger partial charge in [0.2, 0.25) is 0 Å². The predicted octanol–water partition coefficient (Wildman–Crippen LogP) is 3.77. The number of H-pyrrole nitrogens is 1. The highest BCUT2D eigenvalue weighted by atomic mass is 32.2. The van der Waals surface area contributed by atoms with E-state index in [1.54, 1.807) is 36.1 Å². The zero-order chi connectivity index (χ0) is 21.1. The monoisotopic (exact) mass is 445 g/mol. The number of aryl methyl sites for hydroxylation is 1. The van der Waals surface area contributed by atoms with E-state index in [0.29, 0.717) is 25.8 Å². The van der Waals surface area contributed by atoms with Crippen LogP contribution in [0.25, 0.3) is 0 Å². The topological polar surface area (TPSA) is 101 Å². The lowest BCUT2D eigenvalue weighted by Crippen LogP contribution is -2.16. The number of anilines is 1. The minimum Gasteiger partial charge on any atom is -0.304 e. The number of carbonyl (C=O) groups is 1. The summed E-state index contributed by atoms with van der Waals surface area (Å²) >= 11 is 2.22. The fourth-order valence-electron chi connectivity index (χ4n) is 2.44. The molecule has 152 valence electrons. The molecule has 2 N–H and O–H groups in total. The minimum absolute atomic E-state index is 0.0832. The molecule has 0 spiro atoms. The highest BCUT2D eigenvalue weighted by Crippen LogP contribution is 2.33. The van der Waals surface area contributed by atoms with Crippen molar-refractivity contribution in [3.8, 4) is 0 Å². The standard InChI is InChI=1S/C18H13F2N7OS2/c1-27-5-4-14(26-27)23-17(28)16-13(29-12-7-10(19)6-11(20)8-12)2-3-15(24-16)30-18-21-9-22-25-18/h2-9H,1H3,(H,21,22,25)(H,23,26,28).